The third-order valence-corrected chi connectivity index (χ3v) is 3.10. The van der Waals surface area contributed by atoms with E-state index in [4.69, 9.17) is 10.2 Å². The second kappa shape index (κ2) is 20.4. The van der Waals surface area contributed by atoms with Crippen LogP contribution in [0.1, 0.15) is 13.8 Å². The van der Waals surface area contributed by atoms with Crippen molar-refractivity contribution in [3.05, 3.63) is 84.9 Å². The minimum atomic E-state index is 0. The third-order valence-electron chi connectivity index (χ3n) is 3.10. The van der Waals surface area contributed by atoms with Gasteiger partial charge in [-0.15, -0.1) is 72.5 Å². The van der Waals surface area contributed by atoms with E-state index in [-0.39, 0.29) is 39.4 Å². The Morgan fingerprint density at radius 3 is 1.25 bits per heavy atom. The Hall–Kier alpha value is -1.32. The quantitative estimate of drug-likeness (QED) is 0.278. The van der Waals surface area contributed by atoms with Crippen LogP contribution in [0, 0.1) is 0 Å². The van der Waals surface area contributed by atoms with Gasteiger partial charge in [-0.3, -0.25) is 0 Å². The van der Waals surface area contributed by atoms with Crippen LogP contribution < -0.4 is 10.2 Å². The van der Waals surface area contributed by atoms with E-state index in [1.807, 2.05) is 0 Å². The van der Waals surface area contributed by atoms with Crippen molar-refractivity contribution in [1.29, 1.82) is 0 Å². The maximum absolute atomic E-state index is 8.93. The molecule has 28 heavy (non-hydrogen) atoms. The number of benzene rings is 2. The molecule has 0 aliphatic heterocycles. The van der Waals surface area contributed by atoms with E-state index >= 15 is 0 Å². The topological polar surface area (TPSA) is 46.1 Å². The predicted molar refractivity (Wildman–Crippen MR) is 118 cm³/mol. The molecule has 0 aliphatic carbocycles. The van der Waals surface area contributed by atoms with Crippen molar-refractivity contribution in [2.24, 2.45) is 0 Å². The van der Waals surface area contributed by atoms with Crippen LogP contribution in [0.2, 0.25) is 13.1 Å². The van der Waals surface area contributed by atoms with Gasteiger partial charge in [-0.1, -0.05) is 39.1 Å². The summed E-state index contributed by atoms with van der Waals surface area (Å²) >= 11 is 0. The van der Waals surface area contributed by atoms with Gasteiger partial charge in [0.1, 0.15) is 0 Å². The van der Waals surface area contributed by atoms with Crippen molar-refractivity contribution < 1.29 is 36.4 Å². The fraction of sp³-hybridized carbons (Fsp3) is 0.250. The van der Waals surface area contributed by atoms with Crippen LogP contribution in [-0.2, 0) is 26.2 Å². The minimum absolute atomic E-state index is 0. The molecule has 0 N–H and O–H groups in total. The summed E-state index contributed by atoms with van der Waals surface area (Å²) in [6, 6.07) is 29.3. The number of rotatable bonds is 0. The Morgan fingerprint density at radius 2 is 0.964 bits per heavy atom. The smallest absolute Gasteiger partial charge is 0.855 e. The summed E-state index contributed by atoms with van der Waals surface area (Å²) in [6.07, 6.45) is 0. The normalized spacial score (nSPS) is 8.50. The number of hydrogen-bond donors (Lipinski definition) is 0. The van der Waals surface area contributed by atoms with Crippen LogP contribution in [-0.4, -0.2) is 22.7 Å². The average molecular weight is 470 g/mol. The molecule has 0 fully saturated rings. The van der Waals surface area contributed by atoms with Gasteiger partial charge in [0.2, 0.25) is 0 Å². The van der Waals surface area contributed by atoms with Crippen LogP contribution >= 0.6 is 0 Å². The van der Waals surface area contributed by atoms with E-state index < -0.39 is 0 Å². The molecule has 0 aliphatic rings. The van der Waals surface area contributed by atoms with E-state index in [2.05, 4.69) is 98.0 Å². The van der Waals surface area contributed by atoms with Gasteiger partial charge in [-0.25, -0.2) is 0 Å². The SMILES string of the molecule is CC[O-].CC[O-].C[Si]C.[Zr+4].c1ccc2[cH-]ccc2c1.c1ccc2[cH-]ccc2c1. The Bertz CT molecular complexity index is 677. The monoisotopic (exact) mass is 468 g/mol. The van der Waals surface area contributed by atoms with Crippen molar-refractivity contribution in [2.45, 2.75) is 26.9 Å². The van der Waals surface area contributed by atoms with Gasteiger partial charge in [0.25, 0.3) is 0 Å². The van der Waals surface area contributed by atoms with E-state index in [0.717, 1.165) is 9.52 Å². The van der Waals surface area contributed by atoms with Crippen LogP contribution in [0.25, 0.3) is 21.5 Å². The molecular weight excluding hydrogens is 440 g/mol. The number of hydrogen-bond acceptors (Lipinski definition) is 2. The Labute approximate surface area is 191 Å². The molecule has 2 nitrogen and oxygen atoms in total. The molecule has 0 aromatic heterocycles. The largest absolute Gasteiger partial charge is 4.00 e. The fourth-order valence-electron chi connectivity index (χ4n) is 2.14. The maximum Gasteiger partial charge on any atom is 4.00 e. The summed E-state index contributed by atoms with van der Waals surface area (Å²) in [7, 11) is 1.08. The Balaban J connectivity index is 0. The zero-order valence-electron chi connectivity index (χ0n) is 17.3. The molecule has 0 atom stereocenters. The van der Waals surface area contributed by atoms with Crippen LogP contribution in [0.15, 0.2) is 84.9 Å². The van der Waals surface area contributed by atoms with Crippen molar-refractivity contribution in [2.75, 3.05) is 13.2 Å². The molecule has 0 saturated heterocycles. The average Bonchev–Trinajstić information content (AvgIpc) is 3.33. The molecule has 0 unspecified atom stereocenters. The van der Waals surface area contributed by atoms with Gasteiger partial charge in [0.05, 0.1) is 0 Å². The minimum Gasteiger partial charge on any atom is -0.855 e. The number of fused-ring (bicyclic) bond motifs is 2. The molecule has 4 heteroatoms. The van der Waals surface area contributed by atoms with Crippen LogP contribution in [0.4, 0.5) is 0 Å². The molecule has 0 bridgehead atoms. The molecule has 4 rings (SSSR count). The van der Waals surface area contributed by atoms with Crippen LogP contribution in [0.3, 0.4) is 0 Å². The van der Waals surface area contributed by atoms with E-state index in [1.54, 1.807) is 13.8 Å². The van der Waals surface area contributed by atoms with Gasteiger partial charge < -0.3 is 10.2 Å². The van der Waals surface area contributed by atoms with Gasteiger partial charge in [-0.05, 0) is 0 Å². The predicted octanol–water partition coefficient (Wildman–Crippen LogP) is 4.63. The fourth-order valence-corrected chi connectivity index (χ4v) is 2.14. The summed E-state index contributed by atoms with van der Waals surface area (Å²) in [5.74, 6) is 0. The summed E-state index contributed by atoms with van der Waals surface area (Å²) < 4.78 is 0. The zero-order valence-corrected chi connectivity index (χ0v) is 20.8. The van der Waals surface area contributed by atoms with Crippen molar-refractivity contribution in [3.63, 3.8) is 0 Å². The molecular formula is C24H30O2SiZr. The summed E-state index contributed by atoms with van der Waals surface area (Å²) in [6.45, 7) is 7.44. The first-order chi connectivity index (χ1) is 13.2. The Morgan fingerprint density at radius 1 is 0.679 bits per heavy atom. The maximum atomic E-state index is 8.93. The molecule has 4 aromatic carbocycles. The summed E-state index contributed by atoms with van der Waals surface area (Å²) in [5.41, 5.74) is 0. The first-order valence-corrected chi connectivity index (χ1v) is 11.1. The molecule has 0 heterocycles. The standard InChI is InChI=1S/2C9H7.2C2H5O.C2H6Si.Zr/c2*1-2-5-9-7-3-6-8(9)4-1;2*1-2-3;1-3-2;/h2*1-7H;2*2H2,1H3;1-2H3;/q4*-1;;+4. The zero-order chi connectivity index (χ0) is 20.3. The van der Waals surface area contributed by atoms with E-state index in [0.29, 0.717) is 0 Å². The van der Waals surface area contributed by atoms with Crippen molar-refractivity contribution >= 4 is 31.1 Å². The molecule has 2 radical (unpaired) electrons. The summed E-state index contributed by atoms with van der Waals surface area (Å²) in [4.78, 5) is 0. The third kappa shape index (κ3) is 13.0. The Kier molecular flexibility index (Phi) is 21.1. The first-order valence-electron chi connectivity index (χ1n) is 9.13. The molecule has 0 amide bonds. The molecule has 0 spiro atoms. The van der Waals surface area contributed by atoms with E-state index in [9.17, 15) is 0 Å². The van der Waals surface area contributed by atoms with Gasteiger partial charge in [0, 0.05) is 9.52 Å². The second-order valence-corrected chi connectivity index (χ2v) is 6.39. The molecule has 0 saturated carbocycles. The van der Waals surface area contributed by atoms with Gasteiger partial charge in [0.15, 0.2) is 0 Å². The molecule has 4 aromatic rings. The summed E-state index contributed by atoms with van der Waals surface area (Å²) in [5, 5.41) is 23.2. The van der Waals surface area contributed by atoms with Crippen LogP contribution in [0.5, 0.6) is 0 Å². The van der Waals surface area contributed by atoms with E-state index in [1.165, 1.54) is 21.5 Å². The van der Waals surface area contributed by atoms with Gasteiger partial charge >= 0.3 is 26.2 Å². The van der Waals surface area contributed by atoms with Gasteiger partial charge in [-0.2, -0.15) is 35.0 Å². The molecule has 146 valence electrons. The second-order valence-electron chi connectivity index (χ2n) is 5.39. The van der Waals surface area contributed by atoms with Crippen molar-refractivity contribution in [1.82, 2.24) is 0 Å². The van der Waals surface area contributed by atoms with Crippen molar-refractivity contribution in [3.8, 4) is 0 Å². The first kappa shape index (κ1) is 28.9.